The molecule has 0 heterocycles. The van der Waals surface area contributed by atoms with Gasteiger partial charge in [0, 0.05) is 19.5 Å². The van der Waals surface area contributed by atoms with Crippen molar-refractivity contribution in [1.29, 1.82) is 0 Å². The van der Waals surface area contributed by atoms with Crippen molar-refractivity contribution in [2.24, 2.45) is 0 Å². The number of ether oxygens (including phenoxy) is 1. The van der Waals surface area contributed by atoms with E-state index in [-0.39, 0.29) is 11.8 Å². The molecule has 0 spiro atoms. The van der Waals surface area contributed by atoms with Gasteiger partial charge in [0.2, 0.25) is 5.91 Å². The van der Waals surface area contributed by atoms with E-state index >= 15 is 0 Å². The molecule has 5 nitrogen and oxygen atoms in total. The Bertz CT molecular complexity index is 671. The van der Waals surface area contributed by atoms with Gasteiger partial charge in [0.25, 0.3) is 5.91 Å². The average molecular weight is 326 g/mol. The lowest BCUT2D eigenvalue weighted by Gasteiger charge is -2.09. The predicted molar refractivity (Wildman–Crippen MR) is 93.1 cm³/mol. The van der Waals surface area contributed by atoms with Crippen LogP contribution in [0.2, 0.25) is 0 Å². The summed E-state index contributed by atoms with van der Waals surface area (Å²) in [4.78, 5) is 23.9. The lowest BCUT2D eigenvalue weighted by molar-refractivity contribution is -0.121. The summed E-state index contributed by atoms with van der Waals surface area (Å²) in [5.74, 6) is 0.290. The Morgan fingerprint density at radius 3 is 2.33 bits per heavy atom. The van der Waals surface area contributed by atoms with Gasteiger partial charge in [-0.3, -0.25) is 9.59 Å². The fourth-order valence-electron chi connectivity index (χ4n) is 2.30. The first-order chi connectivity index (χ1) is 11.7. The molecule has 0 saturated carbocycles. The highest BCUT2D eigenvalue weighted by Crippen LogP contribution is 2.16. The van der Waals surface area contributed by atoms with Crippen LogP contribution in [0.25, 0.3) is 0 Å². The van der Waals surface area contributed by atoms with Gasteiger partial charge in [-0.25, -0.2) is 0 Å². The van der Waals surface area contributed by atoms with Crippen LogP contribution in [0.3, 0.4) is 0 Å². The van der Waals surface area contributed by atoms with Crippen LogP contribution in [0.15, 0.2) is 54.6 Å². The summed E-state index contributed by atoms with van der Waals surface area (Å²) in [6.07, 6.45) is 1.14. The largest absolute Gasteiger partial charge is 0.496 e. The zero-order chi connectivity index (χ0) is 17.2. The van der Waals surface area contributed by atoms with Crippen molar-refractivity contribution in [3.05, 3.63) is 65.7 Å². The molecular weight excluding hydrogens is 304 g/mol. The zero-order valence-electron chi connectivity index (χ0n) is 13.7. The minimum atomic E-state index is -0.217. The van der Waals surface area contributed by atoms with Crippen LogP contribution in [0.4, 0.5) is 0 Å². The fraction of sp³-hybridized carbons (Fsp3) is 0.263. The summed E-state index contributed by atoms with van der Waals surface area (Å²) in [5.41, 5.74) is 1.62. The maximum absolute atomic E-state index is 12.1. The third kappa shape index (κ3) is 5.43. The molecule has 0 saturated heterocycles. The van der Waals surface area contributed by atoms with Crippen LogP contribution < -0.4 is 15.4 Å². The normalized spacial score (nSPS) is 10.0. The SMILES string of the molecule is COc1ccccc1C(=O)NCCNC(=O)CCc1ccccc1. The zero-order valence-corrected chi connectivity index (χ0v) is 13.7. The van der Waals surface area contributed by atoms with Crippen LogP contribution in [0.1, 0.15) is 22.3 Å². The average Bonchev–Trinajstić information content (AvgIpc) is 2.64. The van der Waals surface area contributed by atoms with E-state index in [0.717, 1.165) is 5.56 Å². The number of benzene rings is 2. The molecule has 2 aromatic carbocycles. The second-order valence-electron chi connectivity index (χ2n) is 5.29. The minimum Gasteiger partial charge on any atom is -0.496 e. The standard InChI is InChI=1S/C19H22N2O3/c1-24-17-10-6-5-9-16(17)19(23)21-14-13-20-18(22)12-11-15-7-3-2-4-8-15/h2-10H,11-14H2,1H3,(H,20,22)(H,21,23). The van der Waals surface area contributed by atoms with Crippen LogP contribution >= 0.6 is 0 Å². The van der Waals surface area contributed by atoms with Crippen molar-refractivity contribution in [2.45, 2.75) is 12.8 Å². The number of rotatable bonds is 8. The second-order valence-corrected chi connectivity index (χ2v) is 5.29. The highest BCUT2D eigenvalue weighted by molar-refractivity contribution is 5.96. The number of nitrogens with one attached hydrogen (secondary N) is 2. The van der Waals surface area contributed by atoms with Crippen LogP contribution in [-0.2, 0) is 11.2 Å². The molecule has 0 radical (unpaired) electrons. The highest BCUT2D eigenvalue weighted by atomic mass is 16.5. The van der Waals surface area contributed by atoms with Crippen molar-refractivity contribution >= 4 is 11.8 Å². The fourth-order valence-corrected chi connectivity index (χ4v) is 2.30. The van der Waals surface area contributed by atoms with E-state index in [2.05, 4.69) is 10.6 Å². The number of amides is 2. The van der Waals surface area contributed by atoms with Crippen LogP contribution in [-0.4, -0.2) is 32.0 Å². The van der Waals surface area contributed by atoms with Gasteiger partial charge >= 0.3 is 0 Å². The quantitative estimate of drug-likeness (QED) is 0.731. The first-order valence-electron chi connectivity index (χ1n) is 7.92. The smallest absolute Gasteiger partial charge is 0.255 e. The molecule has 2 aromatic rings. The van der Waals surface area contributed by atoms with Crippen molar-refractivity contribution in [1.82, 2.24) is 10.6 Å². The molecule has 0 aliphatic rings. The Hall–Kier alpha value is -2.82. The molecule has 126 valence electrons. The molecule has 0 aromatic heterocycles. The molecule has 0 unspecified atom stereocenters. The number of carbonyl (C=O) groups excluding carboxylic acids is 2. The molecule has 24 heavy (non-hydrogen) atoms. The Balaban J connectivity index is 1.67. The van der Waals surface area contributed by atoms with E-state index in [9.17, 15) is 9.59 Å². The second kappa shape index (κ2) is 9.35. The predicted octanol–water partition coefficient (Wildman–Crippen LogP) is 2.17. The van der Waals surface area contributed by atoms with E-state index in [4.69, 9.17) is 4.74 Å². The number of methoxy groups -OCH3 is 1. The molecule has 0 aliphatic heterocycles. The van der Waals surface area contributed by atoms with Crippen molar-refractivity contribution in [3.8, 4) is 5.75 Å². The van der Waals surface area contributed by atoms with Crippen LogP contribution in [0.5, 0.6) is 5.75 Å². The van der Waals surface area contributed by atoms with E-state index in [0.29, 0.717) is 37.2 Å². The van der Waals surface area contributed by atoms with Gasteiger partial charge in [-0.2, -0.15) is 0 Å². The van der Waals surface area contributed by atoms with Gasteiger partial charge in [0.15, 0.2) is 0 Å². The van der Waals surface area contributed by atoms with E-state index in [1.807, 2.05) is 36.4 Å². The monoisotopic (exact) mass is 326 g/mol. The first-order valence-corrected chi connectivity index (χ1v) is 7.92. The van der Waals surface area contributed by atoms with Gasteiger partial charge in [-0.1, -0.05) is 42.5 Å². The summed E-state index contributed by atoms with van der Waals surface area (Å²) in [7, 11) is 1.53. The van der Waals surface area contributed by atoms with Crippen molar-refractivity contribution in [2.75, 3.05) is 20.2 Å². The molecule has 5 heteroatoms. The maximum atomic E-state index is 12.1. The number of carbonyl (C=O) groups is 2. The van der Waals surface area contributed by atoms with Gasteiger partial charge in [-0.15, -0.1) is 0 Å². The lowest BCUT2D eigenvalue weighted by Crippen LogP contribution is -2.34. The Kier molecular flexibility index (Phi) is 6.83. The van der Waals surface area contributed by atoms with Crippen molar-refractivity contribution < 1.29 is 14.3 Å². The van der Waals surface area contributed by atoms with E-state index < -0.39 is 0 Å². The van der Waals surface area contributed by atoms with E-state index in [1.165, 1.54) is 7.11 Å². The highest BCUT2D eigenvalue weighted by Gasteiger charge is 2.10. The number of hydrogen-bond acceptors (Lipinski definition) is 3. The molecule has 0 fully saturated rings. The summed E-state index contributed by atoms with van der Waals surface area (Å²) >= 11 is 0. The van der Waals surface area contributed by atoms with Gasteiger partial charge in [0.1, 0.15) is 5.75 Å². The van der Waals surface area contributed by atoms with Crippen molar-refractivity contribution in [3.63, 3.8) is 0 Å². The Morgan fingerprint density at radius 1 is 0.917 bits per heavy atom. The Morgan fingerprint density at radius 2 is 1.58 bits per heavy atom. The molecule has 0 aliphatic carbocycles. The topological polar surface area (TPSA) is 67.4 Å². The minimum absolute atomic E-state index is 0.0228. The molecule has 2 amide bonds. The summed E-state index contributed by atoms with van der Waals surface area (Å²) in [6.45, 7) is 0.766. The van der Waals surface area contributed by atoms with Gasteiger partial charge < -0.3 is 15.4 Å². The van der Waals surface area contributed by atoms with Crippen LogP contribution in [0, 0.1) is 0 Å². The maximum Gasteiger partial charge on any atom is 0.255 e. The molecule has 0 bridgehead atoms. The first kappa shape index (κ1) is 17.5. The van der Waals surface area contributed by atoms with Gasteiger partial charge in [0.05, 0.1) is 12.7 Å². The molecule has 2 N–H and O–H groups in total. The molecular formula is C19H22N2O3. The Labute approximate surface area is 142 Å². The van der Waals surface area contributed by atoms with Gasteiger partial charge in [-0.05, 0) is 24.1 Å². The third-order valence-corrected chi connectivity index (χ3v) is 3.57. The number of hydrogen-bond donors (Lipinski definition) is 2. The molecule has 2 rings (SSSR count). The van der Waals surface area contributed by atoms with E-state index in [1.54, 1.807) is 18.2 Å². The third-order valence-electron chi connectivity index (χ3n) is 3.57. The molecule has 0 atom stereocenters. The number of para-hydroxylation sites is 1. The number of aryl methyl sites for hydroxylation is 1. The summed E-state index contributed by atoms with van der Waals surface area (Å²) in [5, 5.41) is 5.57. The summed E-state index contributed by atoms with van der Waals surface area (Å²) < 4.78 is 5.15. The lowest BCUT2D eigenvalue weighted by atomic mass is 10.1. The summed E-state index contributed by atoms with van der Waals surface area (Å²) in [6, 6.07) is 16.9.